The van der Waals surface area contributed by atoms with Crippen LogP contribution in [0, 0.1) is 5.82 Å². The van der Waals surface area contributed by atoms with E-state index >= 15 is 0 Å². The van der Waals surface area contributed by atoms with Gasteiger partial charge in [0.1, 0.15) is 11.5 Å². The summed E-state index contributed by atoms with van der Waals surface area (Å²) in [6, 6.07) is 18.6. The number of fused-ring (bicyclic) bond motifs is 2. The molecular formula is C26H25FN2O3. The molecule has 0 fully saturated rings. The molecule has 0 saturated carbocycles. The molecule has 0 saturated heterocycles. The molecular weight excluding hydrogens is 407 g/mol. The number of ether oxygens (including phenoxy) is 1. The molecule has 0 unspecified atom stereocenters. The molecule has 0 atom stereocenters. The summed E-state index contributed by atoms with van der Waals surface area (Å²) >= 11 is 0. The van der Waals surface area contributed by atoms with Crippen molar-refractivity contribution in [2.45, 2.75) is 33.4 Å². The second-order valence-corrected chi connectivity index (χ2v) is 7.56. The Morgan fingerprint density at radius 1 is 1.00 bits per heavy atom. The maximum atomic E-state index is 14.2. The van der Waals surface area contributed by atoms with Crippen LogP contribution in [0.2, 0.25) is 0 Å². The van der Waals surface area contributed by atoms with E-state index in [2.05, 4.69) is 5.32 Å². The molecule has 0 aliphatic rings. The van der Waals surface area contributed by atoms with Gasteiger partial charge in [0, 0.05) is 36.0 Å². The summed E-state index contributed by atoms with van der Waals surface area (Å²) in [4.78, 5) is 25.0. The second-order valence-electron chi connectivity index (χ2n) is 7.56. The minimum Gasteiger partial charge on any atom is -0.461 e. The van der Waals surface area contributed by atoms with E-state index < -0.39 is 11.8 Å². The van der Waals surface area contributed by atoms with E-state index in [0.717, 1.165) is 16.3 Å². The van der Waals surface area contributed by atoms with E-state index in [1.807, 2.05) is 47.0 Å². The maximum absolute atomic E-state index is 14.2. The summed E-state index contributed by atoms with van der Waals surface area (Å²) in [5.41, 5.74) is 2.62. The lowest BCUT2D eigenvalue weighted by molar-refractivity contribution is -0.120. The number of hydrogen-bond donors (Lipinski definition) is 1. The molecule has 0 aliphatic carbocycles. The lowest BCUT2D eigenvalue weighted by atomic mass is 10.0. The van der Waals surface area contributed by atoms with Gasteiger partial charge in [-0.15, -0.1) is 0 Å². The van der Waals surface area contributed by atoms with Gasteiger partial charge in [-0.3, -0.25) is 4.79 Å². The number of esters is 1. The Hall–Kier alpha value is -3.67. The first kappa shape index (κ1) is 21.6. The van der Waals surface area contributed by atoms with Crippen molar-refractivity contribution >= 4 is 33.6 Å². The highest BCUT2D eigenvalue weighted by Crippen LogP contribution is 2.30. The number of nitrogens with one attached hydrogen (secondary N) is 1. The monoisotopic (exact) mass is 432 g/mol. The number of carbonyl (C=O) groups is 2. The van der Waals surface area contributed by atoms with Crippen molar-refractivity contribution in [1.82, 2.24) is 9.88 Å². The molecule has 0 aliphatic heterocycles. The SMILES string of the molecule is CCOC(=O)c1c(CNC(=O)CC)c2cc(F)ccc2n1Cc1cccc2ccccc12. The Morgan fingerprint density at radius 2 is 1.78 bits per heavy atom. The summed E-state index contributed by atoms with van der Waals surface area (Å²) in [5.74, 6) is -1.05. The fourth-order valence-corrected chi connectivity index (χ4v) is 4.08. The van der Waals surface area contributed by atoms with Gasteiger partial charge in [0.05, 0.1) is 6.61 Å². The molecule has 4 aromatic rings. The summed E-state index contributed by atoms with van der Waals surface area (Å²) in [7, 11) is 0. The smallest absolute Gasteiger partial charge is 0.355 e. The standard InChI is InChI=1S/C26H25FN2O3/c1-3-24(30)28-15-22-21-14-19(27)12-13-23(21)29(25(22)26(31)32-4-2)16-18-10-7-9-17-8-5-6-11-20(17)18/h5-14H,3-4,15-16H2,1-2H3,(H,28,30). The van der Waals surface area contributed by atoms with Gasteiger partial charge in [0.2, 0.25) is 5.91 Å². The number of rotatable bonds is 7. The predicted octanol–water partition coefficient (Wildman–Crippen LogP) is 5.18. The number of carbonyl (C=O) groups excluding carboxylic acids is 2. The molecule has 32 heavy (non-hydrogen) atoms. The second kappa shape index (κ2) is 9.22. The summed E-state index contributed by atoms with van der Waals surface area (Å²) in [6.45, 7) is 4.23. The van der Waals surface area contributed by atoms with Crippen LogP contribution in [0.25, 0.3) is 21.7 Å². The van der Waals surface area contributed by atoms with Crippen LogP contribution in [0.1, 0.15) is 41.9 Å². The Morgan fingerprint density at radius 3 is 2.56 bits per heavy atom. The number of amides is 1. The molecule has 1 aromatic heterocycles. The van der Waals surface area contributed by atoms with Gasteiger partial charge in [-0.25, -0.2) is 9.18 Å². The van der Waals surface area contributed by atoms with Crippen molar-refractivity contribution in [3.8, 4) is 0 Å². The zero-order valence-corrected chi connectivity index (χ0v) is 18.2. The maximum Gasteiger partial charge on any atom is 0.355 e. The summed E-state index contributed by atoms with van der Waals surface area (Å²) < 4.78 is 21.4. The van der Waals surface area contributed by atoms with Crippen LogP contribution in [0.5, 0.6) is 0 Å². The van der Waals surface area contributed by atoms with Crippen LogP contribution < -0.4 is 5.32 Å². The summed E-state index contributed by atoms with van der Waals surface area (Å²) in [6.07, 6.45) is 0.317. The van der Waals surface area contributed by atoms with Crippen LogP contribution in [0.3, 0.4) is 0 Å². The minimum absolute atomic E-state index is 0.114. The normalized spacial score (nSPS) is 11.1. The Bertz CT molecular complexity index is 1300. The quantitative estimate of drug-likeness (QED) is 0.409. The Balaban J connectivity index is 1.92. The van der Waals surface area contributed by atoms with Gasteiger partial charge in [0.15, 0.2) is 0 Å². The third-order valence-corrected chi connectivity index (χ3v) is 5.59. The fourth-order valence-electron chi connectivity index (χ4n) is 4.08. The first-order valence-corrected chi connectivity index (χ1v) is 10.7. The molecule has 1 heterocycles. The van der Waals surface area contributed by atoms with Crippen LogP contribution in [0.4, 0.5) is 4.39 Å². The van der Waals surface area contributed by atoms with Gasteiger partial charge in [-0.2, -0.15) is 0 Å². The van der Waals surface area contributed by atoms with Crippen molar-refractivity contribution in [3.63, 3.8) is 0 Å². The summed E-state index contributed by atoms with van der Waals surface area (Å²) in [5, 5.41) is 5.59. The number of hydrogen-bond acceptors (Lipinski definition) is 3. The van der Waals surface area contributed by atoms with Crippen molar-refractivity contribution < 1.29 is 18.7 Å². The number of benzene rings is 3. The van der Waals surface area contributed by atoms with Crippen LogP contribution in [-0.2, 0) is 22.6 Å². The average Bonchev–Trinajstić information content (AvgIpc) is 3.10. The zero-order valence-electron chi connectivity index (χ0n) is 18.2. The van der Waals surface area contributed by atoms with Crippen molar-refractivity contribution in [3.05, 3.63) is 83.3 Å². The molecule has 1 N–H and O–H groups in total. The molecule has 6 heteroatoms. The van der Waals surface area contributed by atoms with Gasteiger partial charge < -0.3 is 14.6 Å². The van der Waals surface area contributed by atoms with Crippen molar-refractivity contribution in [2.75, 3.05) is 6.61 Å². The van der Waals surface area contributed by atoms with Gasteiger partial charge in [0.25, 0.3) is 0 Å². The Kier molecular flexibility index (Phi) is 6.21. The van der Waals surface area contributed by atoms with Crippen LogP contribution in [-0.4, -0.2) is 23.1 Å². The highest BCUT2D eigenvalue weighted by Gasteiger charge is 2.25. The lowest BCUT2D eigenvalue weighted by Crippen LogP contribution is -2.23. The van der Waals surface area contributed by atoms with E-state index in [-0.39, 0.29) is 19.1 Å². The topological polar surface area (TPSA) is 60.3 Å². The first-order chi connectivity index (χ1) is 15.5. The van der Waals surface area contributed by atoms with Gasteiger partial charge in [-0.1, -0.05) is 49.4 Å². The van der Waals surface area contributed by atoms with Crippen molar-refractivity contribution in [2.24, 2.45) is 0 Å². The molecule has 164 valence electrons. The minimum atomic E-state index is -0.495. The molecule has 0 radical (unpaired) electrons. The molecule has 4 rings (SSSR count). The fraction of sp³-hybridized carbons (Fsp3) is 0.231. The highest BCUT2D eigenvalue weighted by molar-refractivity contribution is 5.99. The van der Waals surface area contributed by atoms with Gasteiger partial charge in [-0.05, 0) is 41.5 Å². The number of halogens is 1. The van der Waals surface area contributed by atoms with Crippen molar-refractivity contribution in [1.29, 1.82) is 0 Å². The predicted molar refractivity (Wildman–Crippen MR) is 123 cm³/mol. The lowest BCUT2D eigenvalue weighted by Gasteiger charge is -2.14. The molecule has 0 spiro atoms. The highest BCUT2D eigenvalue weighted by atomic mass is 19.1. The molecule has 0 bridgehead atoms. The van der Waals surface area contributed by atoms with E-state index in [9.17, 15) is 14.0 Å². The van der Waals surface area contributed by atoms with Gasteiger partial charge >= 0.3 is 5.97 Å². The largest absolute Gasteiger partial charge is 0.461 e. The zero-order chi connectivity index (χ0) is 22.7. The van der Waals surface area contributed by atoms with E-state index in [4.69, 9.17) is 4.74 Å². The number of nitrogens with zero attached hydrogens (tertiary/aromatic N) is 1. The third-order valence-electron chi connectivity index (χ3n) is 5.59. The number of aromatic nitrogens is 1. The van der Waals surface area contributed by atoms with E-state index in [1.165, 1.54) is 12.1 Å². The first-order valence-electron chi connectivity index (χ1n) is 10.7. The average molecular weight is 432 g/mol. The molecule has 5 nitrogen and oxygen atoms in total. The van der Waals surface area contributed by atoms with E-state index in [0.29, 0.717) is 35.1 Å². The molecule has 3 aromatic carbocycles. The van der Waals surface area contributed by atoms with Crippen LogP contribution >= 0.6 is 0 Å². The Labute approximate surface area is 185 Å². The van der Waals surface area contributed by atoms with Crippen LogP contribution in [0.15, 0.2) is 60.7 Å². The third kappa shape index (κ3) is 4.08. The van der Waals surface area contributed by atoms with E-state index in [1.54, 1.807) is 19.9 Å². The molecule has 1 amide bonds.